The number of hydrogen-bond donors (Lipinski definition) is 3. The lowest BCUT2D eigenvalue weighted by molar-refractivity contribution is -0.125. The summed E-state index contributed by atoms with van der Waals surface area (Å²) in [6, 6.07) is 3.56. The number of urea groups is 1. The summed E-state index contributed by atoms with van der Waals surface area (Å²) in [5.41, 5.74) is -0.824. The first-order valence-electron chi connectivity index (χ1n) is 9.64. The van der Waals surface area contributed by atoms with E-state index in [1.54, 1.807) is 13.3 Å². The van der Waals surface area contributed by atoms with Gasteiger partial charge >= 0.3 is 6.03 Å². The lowest BCUT2D eigenvalue weighted by atomic mass is 9.79. The van der Waals surface area contributed by atoms with E-state index in [0.717, 1.165) is 37.7 Å². The Bertz CT molecular complexity index is 730. The number of amides is 3. The van der Waals surface area contributed by atoms with Gasteiger partial charge < -0.3 is 20.0 Å². The van der Waals surface area contributed by atoms with Crippen LogP contribution < -0.4 is 16.0 Å². The predicted octanol–water partition coefficient (Wildman–Crippen LogP) is 1.39. The van der Waals surface area contributed by atoms with Gasteiger partial charge in [-0.05, 0) is 51.9 Å². The van der Waals surface area contributed by atoms with E-state index in [-0.39, 0.29) is 41.8 Å². The number of nitrogens with one attached hydrogen (secondary N) is 3. The standard InChI is InChI=1S/C19H30N6O3.HI/c1-19(16(26)22-18(27)23-19)13-7-9-25(10-8-13)17(20-2)21-12-14(24(3)4)15-6-5-11-28-15;/h5-6,11,13-14H,7-10,12H2,1-4H3,(H,20,21)(H2,22,23,26,27);1H. The molecule has 9 nitrogen and oxygen atoms in total. The highest BCUT2D eigenvalue weighted by atomic mass is 127. The first kappa shape index (κ1) is 23.5. The van der Waals surface area contributed by atoms with Crippen molar-refractivity contribution in [1.82, 2.24) is 25.8 Å². The second-order valence-corrected chi connectivity index (χ2v) is 7.79. The van der Waals surface area contributed by atoms with Crippen molar-refractivity contribution in [2.45, 2.75) is 31.3 Å². The van der Waals surface area contributed by atoms with Crippen molar-refractivity contribution in [3.05, 3.63) is 24.2 Å². The monoisotopic (exact) mass is 518 g/mol. The number of guanidine groups is 1. The van der Waals surface area contributed by atoms with E-state index >= 15 is 0 Å². The first-order valence-corrected chi connectivity index (χ1v) is 9.64. The summed E-state index contributed by atoms with van der Waals surface area (Å²) >= 11 is 0. The van der Waals surface area contributed by atoms with Crippen molar-refractivity contribution in [2.75, 3.05) is 40.8 Å². The summed E-state index contributed by atoms with van der Waals surface area (Å²) in [5, 5.41) is 8.59. The van der Waals surface area contributed by atoms with Crippen LogP contribution in [-0.2, 0) is 4.79 Å². The van der Waals surface area contributed by atoms with Crippen LogP contribution in [0.3, 0.4) is 0 Å². The molecule has 2 aliphatic rings. The molecule has 2 aliphatic heterocycles. The molecule has 0 spiro atoms. The number of aliphatic imine (C=N–C) groups is 1. The van der Waals surface area contributed by atoms with Gasteiger partial charge in [0.1, 0.15) is 11.3 Å². The highest BCUT2D eigenvalue weighted by Gasteiger charge is 2.48. The van der Waals surface area contributed by atoms with Gasteiger partial charge in [-0.25, -0.2) is 4.79 Å². The zero-order valence-corrected chi connectivity index (χ0v) is 19.7. The molecule has 3 heterocycles. The van der Waals surface area contributed by atoms with Crippen LogP contribution >= 0.6 is 24.0 Å². The SMILES string of the molecule is CN=C(NCC(c1ccco1)N(C)C)N1CCC(C2(C)NC(=O)NC2=O)CC1.I. The predicted molar refractivity (Wildman–Crippen MR) is 121 cm³/mol. The number of rotatable bonds is 5. The van der Waals surface area contributed by atoms with Crippen LogP contribution in [0, 0.1) is 5.92 Å². The van der Waals surface area contributed by atoms with Crippen molar-refractivity contribution < 1.29 is 14.0 Å². The fourth-order valence-corrected chi connectivity index (χ4v) is 4.05. The Hall–Kier alpha value is -1.82. The topological polar surface area (TPSA) is 102 Å². The number of nitrogens with zero attached hydrogens (tertiary/aromatic N) is 3. The Morgan fingerprint density at radius 3 is 2.59 bits per heavy atom. The largest absolute Gasteiger partial charge is 0.468 e. The van der Waals surface area contributed by atoms with Crippen molar-refractivity contribution in [3.8, 4) is 0 Å². The molecule has 29 heavy (non-hydrogen) atoms. The van der Waals surface area contributed by atoms with E-state index in [0.29, 0.717) is 6.54 Å². The number of carbonyl (C=O) groups is 2. The number of halogens is 1. The molecule has 10 heteroatoms. The van der Waals surface area contributed by atoms with E-state index in [9.17, 15) is 9.59 Å². The number of hydrogen-bond acceptors (Lipinski definition) is 5. The Balaban J connectivity index is 0.00000300. The summed E-state index contributed by atoms with van der Waals surface area (Å²) < 4.78 is 5.56. The van der Waals surface area contributed by atoms with Crippen molar-refractivity contribution in [1.29, 1.82) is 0 Å². The molecule has 2 atom stereocenters. The smallest absolute Gasteiger partial charge is 0.322 e. The summed E-state index contributed by atoms with van der Waals surface area (Å²) in [6.07, 6.45) is 3.30. The first-order chi connectivity index (χ1) is 13.3. The zero-order valence-electron chi connectivity index (χ0n) is 17.4. The van der Waals surface area contributed by atoms with E-state index in [1.807, 2.05) is 33.2 Å². The molecule has 0 radical (unpaired) electrons. The Kier molecular flexibility index (Phi) is 7.92. The van der Waals surface area contributed by atoms with Crippen molar-refractivity contribution >= 4 is 41.9 Å². The summed E-state index contributed by atoms with van der Waals surface area (Å²) in [7, 11) is 5.81. The van der Waals surface area contributed by atoms with Gasteiger partial charge in [-0.1, -0.05) is 0 Å². The van der Waals surface area contributed by atoms with Crippen molar-refractivity contribution in [2.24, 2.45) is 10.9 Å². The van der Waals surface area contributed by atoms with Crippen LogP contribution in [0.2, 0.25) is 0 Å². The minimum absolute atomic E-state index is 0. The number of likely N-dealkylation sites (N-methyl/N-ethyl adjacent to an activating group) is 1. The fourth-order valence-electron chi connectivity index (χ4n) is 4.05. The second-order valence-electron chi connectivity index (χ2n) is 7.79. The number of imide groups is 1. The molecule has 162 valence electrons. The maximum absolute atomic E-state index is 12.2. The normalized spacial score (nSPS) is 24.2. The maximum Gasteiger partial charge on any atom is 0.322 e. The minimum atomic E-state index is -0.824. The molecule has 2 fully saturated rings. The van der Waals surface area contributed by atoms with E-state index in [2.05, 4.69) is 30.7 Å². The van der Waals surface area contributed by atoms with Crippen LogP contribution in [0.15, 0.2) is 27.8 Å². The minimum Gasteiger partial charge on any atom is -0.468 e. The number of furan rings is 1. The number of piperidine rings is 1. The molecule has 1 aromatic rings. The van der Waals surface area contributed by atoms with Crippen LogP contribution in [0.4, 0.5) is 4.79 Å². The summed E-state index contributed by atoms with van der Waals surface area (Å²) in [5.74, 6) is 1.61. The van der Waals surface area contributed by atoms with Crippen LogP contribution in [0.5, 0.6) is 0 Å². The highest BCUT2D eigenvalue weighted by molar-refractivity contribution is 14.0. The van der Waals surface area contributed by atoms with Gasteiger partial charge in [-0.2, -0.15) is 0 Å². The van der Waals surface area contributed by atoms with Gasteiger partial charge in [0.2, 0.25) is 0 Å². The molecule has 3 amide bonds. The Labute approximate surface area is 188 Å². The highest BCUT2D eigenvalue weighted by Crippen LogP contribution is 2.30. The molecule has 1 aromatic heterocycles. The second kappa shape index (κ2) is 9.79. The lowest BCUT2D eigenvalue weighted by Crippen LogP contribution is -2.55. The van der Waals surface area contributed by atoms with Gasteiger partial charge in [-0.3, -0.25) is 20.0 Å². The number of carbonyl (C=O) groups excluding carboxylic acids is 2. The number of likely N-dealkylation sites (tertiary alicyclic amines) is 1. The van der Waals surface area contributed by atoms with Gasteiger partial charge in [0, 0.05) is 26.7 Å². The van der Waals surface area contributed by atoms with Gasteiger partial charge in [0.25, 0.3) is 5.91 Å². The zero-order chi connectivity index (χ0) is 20.3. The molecule has 0 aromatic carbocycles. The third-order valence-electron chi connectivity index (χ3n) is 5.84. The van der Waals surface area contributed by atoms with Crippen LogP contribution in [0.1, 0.15) is 31.6 Å². The molecule has 0 saturated carbocycles. The van der Waals surface area contributed by atoms with E-state index in [1.165, 1.54) is 0 Å². The average molecular weight is 518 g/mol. The van der Waals surface area contributed by atoms with Crippen LogP contribution in [0.25, 0.3) is 0 Å². The van der Waals surface area contributed by atoms with E-state index < -0.39 is 11.6 Å². The summed E-state index contributed by atoms with van der Waals surface area (Å²) in [4.78, 5) is 32.4. The van der Waals surface area contributed by atoms with Crippen molar-refractivity contribution in [3.63, 3.8) is 0 Å². The van der Waals surface area contributed by atoms with Crippen LogP contribution in [-0.4, -0.2) is 74.0 Å². The molecular formula is C19H31IN6O3. The average Bonchev–Trinajstić information content (AvgIpc) is 3.27. The maximum atomic E-state index is 12.2. The Morgan fingerprint density at radius 1 is 1.41 bits per heavy atom. The summed E-state index contributed by atoms with van der Waals surface area (Å²) in [6.45, 7) is 4.03. The third-order valence-corrected chi connectivity index (χ3v) is 5.84. The fraction of sp³-hybridized carbons (Fsp3) is 0.632. The Morgan fingerprint density at radius 2 is 2.10 bits per heavy atom. The molecular weight excluding hydrogens is 487 g/mol. The lowest BCUT2D eigenvalue weighted by Gasteiger charge is -2.40. The quantitative estimate of drug-likeness (QED) is 0.236. The van der Waals surface area contributed by atoms with Gasteiger partial charge in [0.15, 0.2) is 5.96 Å². The van der Waals surface area contributed by atoms with Gasteiger partial charge in [-0.15, -0.1) is 24.0 Å². The molecule has 3 rings (SSSR count). The molecule has 2 saturated heterocycles. The van der Waals surface area contributed by atoms with E-state index in [4.69, 9.17) is 4.42 Å². The molecule has 0 aliphatic carbocycles. The third kappa shape index (κ3) is 5.03. The van der Waals surface area contributed by atoms with Gasteiger partial charge in [0.05, 0.1) is 12.3 Å². The molecule has 3 N–H and O–H groups in total. The molecule has 2 unspecified atom stereocenters. The molecule has 0 bridgehead atoms.